The highest BCUT2D eigenvalue weighted by Gasteiger charge is 2.40. The Balaban J connectivity index is 3.42. The molecule has 7 amide bonds. The number of guanidine groups is 1. The van der Waals surface area contributed by atoms with Crippen molar-refractivity contribution in [2.24, 2.45) is 39.6 Å². The van der Waals surface area contributed by atoms with Gasteiger partial charge in [-0.2, -0.15) is 0 Å². The minimum absolute atomic E-state index is 0.00318. The molecule has 1 rings (SSSR count). The number of carbonyl (C=O) groups excluding carboxylic acids is 7. The molecule has 1 fully saturated rings. The summed E-state index contributed by atoms with van der Waals surface area (Å²) in [6, 6.07) is -9.81. The fraction of sp³-hybridized carbons (Fsp3) is 0.706. The minimum atomic E-state index is -1.77. The van der Waals surface area contributed by atoms with Crippen molar-refractivity contribution in [2.45, 2.75) is 120 Å². The average molecular weight is 829 g/mol. The number of primary amides is 1. The van der Waals surface area contributed by atoms with E-state index in [1.807, 2.05) is 0 Å². The fourth-order valence-corrected chi connectivity index (χ4v) is 5.89. The molecule has 58 heavy (non-hydrogen) atoms. The van der Waals surface area contributed by atoms with Gasteiger partial charge in [-0.3, -0.25) is 43.3 Å². The van der Waals surface area contributed by atoms with Gasteiger partial charge >= 0.3 is 11.9 Å². The highest BCUT2D eigenvalue weighted by molar-refractivity contribution is 5.98. The van der Waals surface area contributed by atoms with Crippen molar-refractivity contribution >= 4 is 59.2 Å². The molecule has 328 valence electrons. The van der Waals surface area contributed by atoms with Crippen molar-refractivity contribution in [3.8, 4) is 0 Å². The van der Waals surface area contributed by atoms with Crippen LogP contribution in [-0.2, 0) is 43.2 Å². The van der Waals surface area contributed by atoms with Crippen LogP contribution in [0.3, 0.4) is 0 Å². The lowest BCUT2D eigenvalue weighted by atomic mass is 10.0. The lowest BCUT2D eigenvalue weighted by molar-refractivity contribution is -0.150. The van der Waals surface area contributed by atoms with E-state index < -0.39 is 127 Å². The zero-order valence-corrected chi connectivity index (χ0v) is 32.8. The number of aliphatic hydroxyl groups excluding tert-OH is 1. The number of aliphatic hydroxyl groups is 1. The molecule has 1 saturated heterocycles. The van der Waals surface area contributed by atoms with Crippen LogP contribution in [0, 0.1) is 5.92 Å². The molecule has 7 unspecified atom stereocenters. The summed E-state index contributed by atoms with van der Waals surface area (Å²) in [6.07, 6.45) is -0.445. The number of aliphatic carboxylic acids is 2. The quantitative estimate of drug-likeness (QED) is 0.0209. The summed E-state index contributed by atoms with van der Waals surface area (Å²) < 4.78 is 0. The summed E-state index contributed by atoms with van der Waals surface area (Å²) in [5.74, 6) is -9.86. The van der Waals surface area contributed by atoms with Crippen molar-refractivity contribution in [3.63, 3.8) is 0 Å². The zero-order chi connectivity index (χ0) is 44.1. The molecular formula is C34H60N12O12. The number of hydrogen-bond acceptors (Lipinski definition) is 13. The smallest absolute Gasteiger partial charge is 0.326 e. The normalized spacial score (nSPS) is 16.7. The number of unbranched alkanes of at least 4 members (excludes halogenated alkanes) is 1. The summed E-state index contributed by atoms with van der Waals surface area (Å²) in [4.78, 5) is 121. The molecule has 0 saturated carbocycles. The van der Waals surface area contributed by atoms with E-state index in [2.05, 4.69) is 31.6 Å². The van der Waals surface area contributed by atoms with Crippen molar-refractivity contribution in [3.05, 3.63) is 0 Å². The van der Waals surface area contributed by atoms with Crippen molar-refractivity contribution in [1.29, 1.82) is 0 Å². The summed E-state index contributed by atoms with van der Waals surface area (Å²) in [5, 5.41) is 40.1. The van der Waals surface area contributed by atoms with Gasteiger partial charge in [-0.25, -0.2) is 4.79 Å². The van der Waals surface area contributed by atoms with E-state index in [1.54, 1.807) is 13.8 Å². The molecular weight excluding hydrogens is 768 g/mol. The summed E-state index contributed by atoms with van der Waals surface area (Å²) in [7, 11) is 0. The number of amides is 7. The maximum absolute atomic E-state index is 13.9. The molecule has 24 heteroatoms. The van der Waals surface area contributed by atoms with Crippen LogP contribution >= 0.6 is 0 Å². The van der Waals surface area contributed by atoms with Gasteiger partial charge in [0.05, 0.1) is 13.0 Å². The van der Waals surface area contributed by atoms with E-state index in [9.17, 15) is 53.4 Å². The molecule has 0 spiro atoms. The molecule has 0 radical (unpaired) electrons. The summed E-state index contributed by atoms with van der Waals surface area (Å²) in [6.45, 7) is 2.94. The Bertz CT molecular complexity index is 1490. The van der Waals surface area contributed by atoms with Gasteiger partial charge < -0.3 is 75.5 Å². The lowest BCUT2D eigenvalue weighted by Gasteiger charge is -2.31. The molecule has 18 N–H and O–H groups in total. The van der Waals surface area contributed by atoms with Crippen LogP contribution in [0.4, 0.5) is 0 Å². The number of nitrogens with one attached hydrogen (secondary N) is 5. The minimum Gasteiger partial charge on any atom is -0.481 e. The maximum atomic E-state index is 13.9. The van der Waals surface area contributed by atoms with E-state index in [4.69, 9.17) is 33.8 Å². The topological polar surface area (TPSA) is 420 Å². The second-order valence-corrected chi connectivity index (χ2v) is 14.1. The Labute approximate surface area is 335 Å². The number of carboxylic acid groups (broad SMARTS) is 2. The van der Waals surface area contributed by atoms with Gasteiger partial charge in [0.25, 0.3) is 0 Å². The molecule has 0 bridgehead atoms. The summed E-state index contributed by atoms with van der Waals surface area (Å²) in [5.41, 5.74) is 27.3. The van der Waals surface area contributed by atoms with Gasteiger partial charge in [-0.05, 0) is 63.8 Å². The van der Waals surface area contributed by atoms with E-state index in [0.717, 1.165) is 0 Å². The SMILES string of the molecule is CC(C)C(NC(=O)C(CCCCN)NC(=O)C(CCCN=C(N)N)NC(=O)C(CC(N)=O)NC(=O)C(CCC(=O)O)NC(=O)C(N)CO)C(=O)N1CCCC1C(=O)O. The van der Waals surface area contributed by atoms with Gasteiger partial charge in [0.15, 0.2) is 5.96 Å². The molecule has 0 aliphatic carbocycles. The van der Waals surface area contributed by atoms with Gasteiger partial charge in [-0.1, -0.05) is 13.8 Å². The molecule has 0 aromatic heterocycles. The van der Waals surface area contributed by atoms with Gasteiger partial charge in [0.1, 0.15) is 42.3 Å². The first-order valence-corrected chi connectivity index (χ1v) is 18.9. The monoisotopic (exact) mass is 828 g/mol. The summed E-state index contributed by atoms with van der Waals surface area (Å²) >= 11 is 0. The predicted octanol–water partition coefficient (Wildman–Crippen LogP) is -5.62. The van der Waals surface area contributed by atoms with Crippen LogP contribution in [0.2, 0.25) is 0 Å². The van der Waals surface area contributed by atoms with Crippen molar-refractivity contribution < 1.29 is 58.5 Å². The van der Waals surface area contributed by atoms with Crippen LogP contribution < -0.4 is 55.3 Å². The first-order chi connectivity index (χ1) is 27.2. The van der Waals surface area contributed by atoms with Gasteiger partial charge in [0.2, 0.25) is 41.4 Å². The first kappa shape index (κ1) is 50.4. The molecule has 0 aromatic rings. The Morgan fingerprint density at radius 2 is 1.26 bits per heavy atom. The van der Waals surface area contributed by atoms with E-state index >= 15 is 0 Å². The number of rotatable bonds is 27. The highest BCUT2D eigenvalue weighted by Crippen LogP contribution is 2.20. The Morgan fingerprint density at radius 3 is 1.76 bits per heavy atom. The van der Waals surface area contributed by atoms with Gasteiger partial charge in [-0.15, -0.1) is 0 Å². The number of carboxylic acids is 2. The number of nitrogens with two attached hydrogens (primary N) is 5. The van der Waals surface area contributed by atoms with E-state index in [-0.39, 0.29) is 51.3 Å². The van der Waals surface area contributed by atoms with E-state index in [1.165, 1.54) is 4.90 Å². The third kappa shape index (κ3) is 17.7. The standard InChI is InChI=1S/C34H60N12O12/c1-17(2)26(32(56)46-14-6-9-23(46)33(57)58)45-30(54)19(7-3-4-12-35)42-28(52)20(8-5-13-40-34(38)39)43-31(55)22(15-24(37)48)44-29(53)21(10-11-25(49)50)41-27(51)18(36)16-47/h17-23,26,47H,3-16,35-36H2,1-2H3,(H2,37,48)(H,41,51)(H,42,52)(H,43,55)(H,44,53)(H,45,54)(H,49,50)(H,57,58)(H4,38,39,40). The molecule has 7 atom stereocenters. The van der Waals surface area contributed by atoms with Gasteiger partial charge in [0, 0.05) is 19.5 Å². The Hall–Kier alpha value is -5.62. The van der Waals surface area contributed by atoms with Crippen LogP contribution in [0.25, 0.3) is 0 Å². The predicted molar refractivity (Wildman–Crippen MR) is 205 cm³/mol. The highest BCUT2D eigenvalue weighted by atomic mass is 16.4. The van der Waals surface area contributed by atoms with Crippen LogP contribution in [-0.4, -0.2) is 148 Å². The molecule has 24 nitrogen and oxygen atoms in total. The Morgan fingerprint density at radius 1 is 0.741 bits per heavy atom. The largest absolute Gasteiger partial charge is 0.481 e. The number of nitrogens with zero attached hydrogens (tertiary/aromatic N) is 2. The second kappa shape index (κ2) is 25.6. The molecule has 1 aliphatic rings. The molecule has 1 heterocycles. The van der Waals surface area contributed by atoms with Crippen LogP contribution in [0.5, 0.6) is 0 Å². The zero-order valence-electron chi connectivity index (χ0n) is 32.8. The third-order valence-electron chi connectivity index (χ3n) is 9.06. The van der Waals surface area contributed by atoms with E-state index in [0.29, 0.717) is 19.3 Å². The number of hydrogen-bond donors (Lipinski definition) is 13. The average Bonchev–Trinajstić information content (AvgIpc) is 3.65. The van der Waals surface area contributed by atoms with Crippen molar-refractivity contribution in [1.82, 2.24) is 31.5 Å². The maximum Gasteiger partial charge on any atom is 0.326 e. The van der Waals surface area contributed by atoms with Crippen LogP contribution in [0.15, 0.2) is 4.99 Å². The van der Waals surface area contributed by atoms with Crippen molar-refractivity contribution in [2.75, 3.05) is 26.2 Å². The fourth-order valence-electron chi connectivity index (χ4n) is 5.89. The first-order valence-electron chi connectivity index (χ1n) is 18.9. The van der Waals surface area contributed by atoms with Crippen LogP contribution in [0.1, 0.15) is 78.1 Å². The lowest BCUT2D eigenvalue weighted by Crippen LogP contribution is -2.60. The number of aliphatic imine (C=N–C) groups is 1. The third-order valence-corrected chi connectivity index (χ3v) is 9.06. The number of carbonyl (C=O) groups is 9. The molecule has 0 aromatic carbocycles. The Kier molecular flexibility index (Phi) is 22.2. The second-order valence-electron chi connectivity index (χ2n) is 14.1. The number of likely N-dealkylation sites (tertiary alicyclic amines) is 1. The molecule has 1 aliphatic heterocycles.